The van der Waals surface area contributed by atoms with Gasteiger partial charge in [0, 0.05) is 13.1 Å². The molecule has 0 amide bonds. The monoisotopic (exact) mass is 259 g/mol. The van der Waals surface area contributed by atoms with Crippen molar-refractivity contribution in [1.82, 2.24) is 14.8 Å². The quantitative estimate of drug-likeness (QED) is 0.871. The number of aromatic nitrogens is 3. The number of morpholine rings is 1. The third-order valence-electron chi connectivity index (χ3n) is 3.16. The predicted molar refractivity (Wildman–Crippen MR) is 73.5 cm³/mol. The van der Waals surface area contributed by atoms with Crippen LogP contribution in [0.25, 0.3) is 5.69 Å². The zero-order valence-corrected chi connectivity index (χ0v) is 10.9. The van der Waals surface area contributed by atoms with E-state index in [-0.39, 0.29) is 0 Å². The molecule has 1 aliphatic rings. The molecule has 2 heterocycles. The molecule has 6 nitrogen and oxygen atoms in total. The highest BCUT2D eigenvalue weighted by molar-refractivity contribution is 5.44. The molecule has 1 aromatic carbocycles. The second kappa shape index (κ2) is 4.89. The van der Waals surface area contributed by atoms with Crippen LogP contribution in [0.1, 0.15) is 5.56 Å². The minimum Gasteiger partial charge on any atom is -0.378 e. The molecule has 0 spiro atoms. The average molecular weight is 259 g/mol. The Morgan fingerprint density at radius 2 is 2.05 bits per heavy atom. The summed E-state index contributed by atoms with van der Waals surface area (Å²) < 4.78 is 7.00. The van der Waals surface area contributed by atoms with Crippen LogP contribution < -0.4 is 10.6 Å². The van der Waals surface area contributed by atoms with Gasteiger partial charge in [0.15, 0.2) is 0 Å². The van der Waals surface area contributed by atoms with Gasteiger partial charge in [-0.2, -0.15) is 9.67 Å². The highest BCUT2D eigenvalue weighted by Crippen LogP contribution is 2.17. The van der Waals surface area contributed by atoms with Crippen molar-refractivity contribution < 1.29 is 4.74 Å². The highest BCUT2D eigenvalue weighted by atomic mass is 16.5. The van der Waals surface area contributed by atoms with E-state index >= 15 is 0 Å². The fourth-order valence-corrected chi connectivity index (χ4v) is 2.16. The first kappa shape index (κ1) is 12.0. The van der Waals surface area contributed by atoms with Crippen LogP contribution in [0.5, 0.6) is 0 Å². The Morgan fingerprint density at radius 1 is 1.26 bits per heavy atom. The SMILES string of the molecule is Cc1cccc(-n2nc(N3CCOCC3)nc2N)c1. The number of rotatable bonds is 2. The van der Waals surface area contributed by atoms with E-state index < -0.39 is 0 Å². The summed E-state index contributed by atoms with van der Waals surface area (Å²) in [7, 11) is 0. The van der Waals surface area contributed by atoms with Crippen molar-refractivity contribution in [3.05, 3.63) is 29.8 Å². The molecule has 19 heavy (non-hydrogen) atoms. The Bertz CT molecular complexity index is 574. The molecule has 1 aliphatic heterocycles. The standard InChI is InChI=1S/C13H17N5O/c1-10-3-2-4-11(9-10)18-12(14)15-13(16-18)17-5-7-19-8-6-17/h2-4,9H,5-8H2,1H3,(H2,14,15,16). The maximum absolute atomic E-state index is 5.96. The molecule has 1 fully saturated rings. The number of ether oxygens (including phenoxy) is 1. The summed E-state index contributed by atoms with van der Waals surface area (Å²) in [5, 5.41) is 4.50. The molecule has 0 radical (unpaired) electrons. The molecule has 0 unspecified atom stereocenters. The highest BCUT2D eigenvalue weighted by Gasteiger charge is 2.17. The van der Waals surface area contributed by atoms with Crippen molar-refractivity contribution in [2.24, 2.45) is 0 Å². The van der Waals surface area contributed by atoms with Gasteiger partial charge in [0.2, 0.25) is 11.9 Å². The van der Waals surface area contributed by atoms with Crippen molar-refractivity contribution >= 4 is 11.9 Å². The third-order valence-corrected chi connectivity index (χ3v) is 3.16. The Hall–Kier alpha value is -2.08. The Labute approximate surface area is 111 Å². The number of hydrogen-bond donors (Lipinski definition) is 1. The van der Waals surface area contributed by atoms with Crippen LogP contribution in [-0.4, -0.2) is 41.1 Å². The zero-order valence-electron chi connectivity index (χ0n) is 10.9. The molecule has 0 aliphatic carbocycles. The van der Waals surface area contributed by atoms with E-state index in [2.05, 4.69) is 15.0 Å². The van der Waals surface area contributed by atoms with Crippen molar-refractivity contribution in [3.8, 4) is 5.69 Å². The lowest BCUT2D eigenvalue weighted by Gasteiger charge is -2.25. The number of benzene rings is 1. The van der Waals surface area contributed by atoms with E-state index in [0.29, 0.717) is 25.1 Å². The van der Waals surface area contributed by atoms with Crippen molar-refractivity contribution in [2.75, 3.05) is 36.9 Å². The summed E-state index contributed by atoms with van der Waals surface area (Å²) in [4.78, 5) is 6.43. The molecule has 1 saturated heterocycles. The van der Waals surface area contributed by atoms with Crippen LogP contribution in [0, 0.1) is 6.92 Å². The summed E-state index contributed by atoms with van der Waals surface area (Å²) in [5.74, 6) is 1.08. The Balaban J connectivity index is 1.92. The van der Waals surface area contributed by atoms with E-state index in [4.69, 9.17) is 10.5 Å². The molecule has 3 rings (SSSR count). The van der Waals surface area contributed by atoms with Gasteiger partial charge in [0.25, 0.3) is 0 Å². The lowest BCUT2D eigenvalue weighted by Crippen LogP contribution is -2.37. The zero-order chi connectivity index (χ0) is 13.2. The van der Waals surface area contributed by atoms with E-state index in [9.17, 15) is 0 Å². The molecule has 100 valence electrons. The summed E-state index contributed by atoms with van der Waals surface area (Å²) in [6, 6.07) is 8.04. The van der Waals surface area contributed by atoms with E-state index in [1.165, 1.54) is 5.56 Å². The topological polar surface area (TPSA) is 69.2 Å². The summed E-state index contributed by atoms with van der Waals surface area (Å²) in [6.45, 7) is 5.06. The first-order valence-electron chi connectivity index (χ1n) is 6.36. The first-order valence-corrected chi connectivity index (χ1v) is 6.36. The minimum absolute atomic E-state index is 0.409. The smallest absolute Gasteiger partial charge is 0.247 e. The number of anilines is 2. The molecule has 6 heteroatoms. The van der Waals surface area contributed by atoms with Gasteiger partial charge in [0.05, 0.1) is 18.9 Å². The first-order chi connectivity index (χ1) is 9.24. The molecular formula is C13H17N5O. The van der Waals surface area contributed by atoms with Gasteiger partial charge >= 0.3 is 0 Å². The third kappa shape index (κ3) is 2.39. The molecule has 2 aromatic rings. The number of nitrogen functional groups attached to an aromatic ring is 1. The van der Waals surface area contributed by atoms with Crippen LogP contribution in [0.3, 0.4) is 0 Å². The normalized spacial score (nSPS) is 15.7. The van der Waals surface area contributed by atoms with E-state index in [1.54, 1.807) is 4.68 Å². The predicted octanol–water partition coefficient (Wildman–Crippen LogP) is 0.995. The molecule has 2 N–H and O–H groups in total. The van der Waals surface area contributed by atoms with Crippen molar-refractivity contribution in [3.63, 3.8) is 0 Å². The number of aryl methyl sites for hydroxylation is 1. The fourth-order valence-electron chi connectivity index (χ4n) is 2.16. The fraction of sp³-hybridized carbons (Fsp3) is 0.385. The van der Waals surface area contributed by atoms with Gasteiger partial charge in [-0.3, -0.25) is 0 Å². The average Bonchev–Trinajstić information content (AvgIpc) is 2.82. The lowest BCUT2D eigenvalue weighted by molar-refractivity contribution is 0.122. The van der Waals surface area contributed by atoms with Gasteiger partial charge < -0.3 is 15.4 Å². The molecule has 0 atom stereocenters. The van der Waals surface area contributed by atoms with E-state index in [0.717, 1.165) is 18.8 Å². The van der Waals surface area contributed by atoms with Crippen molar-refractivity contribution in [1.29, 1.82) is 0 Å². The van der Waals surface area contributed by atoms with Gasteiger partial charge in [-0.15, -0.1) is 5.10 Å². The summed E-state index contributed by atoms with van der Waals surface area (Å²) in [6.07, 6.45) is 0. The number of hydrogen-bond acceptors (Lipinski definition) is 5. The van der Waals surface area contributed by atoms with Gasteiger partial charge in [-0.25, -0.2) is 0 Å². The number of nitrogens with two attached hydrogens (primary N) is 1. The van der Waals surface area contributed by atoms with Crippen molar-refractivity contribution in [2.45, 2.75) is 6.92 Å². The molecule has 0 saturated carbocycles. The van der Waals surface area contributed by atoms with E-state index in [1.807, 2.05) is 31.2 Å². The second-order valence-corrected chi connectivity index (χ2v) is 4.62. The van der Waals surface area contributed by atoms with Crippen LogP contribution in [0.4, 0.5) is 11.9 Å². The van der Waals surface area contributed by atoms with Gasteiger partial charge in [0.1, 0.15) is 0 Å². The lowest BCUT2D eigenvalue weighted by atomic mass is 10.2. The minimum atomic E-state index is 0.409. The largest absolute Gasteiger partial charge is 0.378 e. The van der Waals surface area contributed by atoms with Gasteiger partial charge in [-0.05, 0) is 24.6 Å². The molecule has 1 aromatic heterocycles. The Kier molecular flexibility index (Phi) is 3.08. The van der Waals surface area contributed by atoms with Crippen LogP contribution in [-0.2, 0) is 4.74 Å². The van der Waals surface area contributed by atoms with Crippen LogP contribution in [0.15, 0.2) is 24.3 Å². The Morgan fingerprint density at radius 3 is 2.79 bits per heavy atom. The van der Waals surface area contributed by atoms with Crippen LogP contribution >= 0.6 is 0 Å². The van der Waals surface area contributed by atoms with Gasteiger partial charge in [-0.1, -0.05) is 12.1 Å². The summed E-state index contributed by atoms with van der Waals surface area (Å²) in [5.41, 5.74) is 8.06. The van der Waals surface area contributed by atoms with Crippen LogP contribution in [0.2, 0.25) is 0 Å². The molecular weight excluding hydrogens is 242 g/mol. The molecule has 0 bridgehead atoms. The summed E-state index contributed by atoms with van der Waals surface area (Å²) >= 11 is 0. The number of nitrogens with zero attached hydrogens (tertiary/aromatic N) is 4. The maximum atomic E-state index is 5.96. The second-order valence-electron chi connectivity index (χ2n) is 4.62. The maximum Gasteiger partial charge on any atom is 0.247 e.